The lowest BCUT2D eigenvalue weighted by Gasteiger charge is -2.41. The number of ether oxygens (including phenoxy) is 2. The number of hydrogen-bond acceptors (Lipinski definition) is 7. The van der Waals surface area contributed by atoms with Gasteiger partial charge in [0.2, 0.25) is 17.7 Å². The normalized spacial score (nSPS) is 19.7. The van der Waals surface area contributed by atoms with Crippen LogP contribution in [0.25, 0.3) is 0 Å². The summed E-state index contributed by atoms with van der Waals surface area (Å²) in [5.41, 5.74) is 1.15. The van der Waals surface area contributed by atoms with E-state index < -0.39 is 24.0 Å². The number of benzene rings is 1. The third-order valence-corrected chi connectivity index (χ3v) is 11.1. The zero-order valence-electron chi connectivity index (χ0n) is 34.0. The quantitative estimate of drug-likeness (QED) is 0.180. The number of rotatable bonds is 21. The first-order valence-corrected chi connectivity index (χ1v) is 19.1. The first kappa shape index (κ1) is 44.3. The van der Waals surface area contributed by atoms with Crippen molar-refractivity contribution in [2.75, 3.05) is 41.9 Å². The summed E-state index contributed by atoms with van der Waals surface area (Å²) in [6.45, 7) is 16.6. The smallest absolute Gasteiger partial charge is 0.226 e. The van der Waals surface area contributed by atoms with E-state index in [-0.39, 0.29) is 78.3 Å². The second-order valence-corrected chi connectivity index (χ2v) is 15.9. The third-order valence-electron chi connectivity index (χ3n) is 11.1. The molecule has 9 atom stereocenters. The molecule has 0 saturated carbocycles. The fourth-order valence-electron chi connectivity index (χ4n) is 8.16. The predicted molar refractivity (Wildman–Crippen MR) is 204 cm³/mol. The lowest BCUT2D eigenvalue weighted by molar-refractivity contribution is -0.149. The van der Waals surface area contributed by atoms with Crippen molar-refractivity contribution in [3.05, 3.63) is 35.9 Å². The molecule has 1 saturated heterocycles. The maximum absolute atomic E-state index is 14.3. The first-order valence-electron chi connectivity index (χ1n) is 19.1. The summed E-state index contributed by atoms with van der Waals surface area (Å²) < 4.78 is 12.0. The highest BCUT2D eigenvalue weighted by Crippen LogP contribution is 2.31. The minimum atomic E-state index is -0.558. The Hall–Kier alpha value is -2.82. The Morgan fingerprint density at radius 2 is 1.53 bits per heavy atom. The van der Waals surface area contributed by atoms with Crippen molar-refractivity contribution < 1.29 is 28.7 Å². The van der Waals surface area contributed by atoms with Gasteiger partial charge in [0, 0.05) is 46.2 Å². The molecule has 1 aliphatic heterocycles. The molecule has 1 heterocycles. The molecule has 1 aromatic rings. The minimum Gasteiger partial charge on any atom is -0.379 e. The maximum atomic E-state index is 14.3. The van der Waals surface area contributed by atoms with Crippen LogP contribution in [-0.2, 0) is 35.1 Å². The van der Waals surface area contributed by atoms with Crippen molar-refractivity contribution in [3.8, 4) is 0 Å². The average molecular weight is 715 g/mol. The van der Waals surface area contributed by atoms with E-state index in [9.17, 15) is 19.2 Å². The highest BCUT2D eigenvalue weighted by atomic mass is 16.5. The molecule has 0 spiro atoms. The Balaban J connectivity index is 2.23. The minimum absolute atomic E-state index is 0.0353. The lowest BCUT2D eigenvalue weighted by Crippen LogP contribution is -2.54. The van der Waals surface area contributed by atoms with E-state index >= 15 is 0 Å². The van der Waals surface area contributed by atoms with Gasteiger partial charge in [-0.1, -0.05) is 85.2 Å². The molecule has 10 heteroatoms. The van der Waals surface area contributed by atoms with Crippen LogP contribution in [0.4, 0.5) is 0 Å². The fourth-order valence-corrected chi connectivity index (χ4v) is 8.16. The molecule has 1 fully saturated rings. The van der Waals surface area contributed by atoms with Crippen LogP contribution in [0, 0.1) is 29.6 Å². The summed E-state index contributed by atoms with van der Waals surface area (Å²) >= 11 is 0. The summed E-state index contributed by atoms with van der Waals surface area (Å²) in [4.78, 5) is 60.9. The largest absolute Gasteiger partial charge is 0.379 e. The maximum Gasteiger partial charge on any atom is 0.226 e. The van der Waals surface area contributed by atoms with Crippen LogP contribution in [0.5, 0.6) is 0 Å². The Kier molecular flexibility index (Phi) is 18.3. The van der Waals surface area contributed by atoms with Gasteiger partial charge >= 0.3 is 0 Å². The molecule has 1 unspecified atom stereocenters. The number of carbonyl (C=O) groups is 4. The number of likely N-dealkylation sites (N-methyl/N-ethyl adjacent to an activating group) is 2. The molecule has 2 rings (SSSR count). The predicted octanol–water partition coefficient (Wildman–Crippen LogP) is 5.47. The Morgan fingerprint density at radius 3 is 2.04 bits per heavy atom. The van der Waals surface area contributed by atoms with Gasteiger partial charge in [0.05, 0.1) is 42.7 Å². The van der Waals surface area contributed by atoms with Crippen molar-refractivity contribution in [2.45, 2.75) is 130 Å². The molecule has 290 valence electrons. The van der Waals surface area contributed by atoms with Crippen LogP contribution in [0.2, 0.25) is 0 Å². The second-order valence-electron chi connectivity index (χ2n) is 15.9. The highest BCUT2D eigenvalue weighted by Gasteiger charge is 2.43. The summed E-state index contributed by atoms with van der Waals surface area (Å²) in [5.74, 6) is -1.06. The molecule has 51 heavy (non-hydrogen) atoms. The third kappa shape index (κ3) is 12.1. The molecule has 0 aliphatic carbocycles. The number of ketones is 1. The molecule has 0 bridgehead atoms. The van der Waals surface area contributed by atoms with Crippen LogP contribution in [0.1, 0.15) is 93.1 Å². The molecule has 1 N–H and O–H groups in total. The van der Waals surface area contributed by atoms with Crippen molar-refractivity contribution >= 4 is 23.5 Å². The van der Waals surface area contributed by atoms with E-state index in [4.69, 9.17) is 9.47 Å². The highest BCUT2D eigenvalue weighted by molar-refractivity contribution is 5.90. The van der Waals surface area contributed by atoms with Crippen molar-refractivity contribution in [1.82, 2.24) is 20.0 Å². The topological polar surface area (TPSA) is 108 Å². The molecule has 10 nitrogen and oxygen atoms in total. The van der Waals surface area contributed by atoms with Crippen molar-refractivity contribution in [1.29, 1.82) is 0 Å². The fraction of sp³-hybridized carbons (Fsp3) is 0.756. The van der Waals surface area contributed by atoms with Crippen molar-refractivity contribution in [2.24, 2.45) is 29.6 Å². The second kappa shape index (κ2) is 21.0. The summed E-state index contributed by atoms with van der Waals surface area (Å²) in [5, 5.41) is 3.15. The van der Waals surface area contributed by atoms with Gasteiger partial charge in [-0.3, -0.25) is 24.1 Å². The summed E-state index contributed by atoms with van der Waals surface area (Å²) in [6.07, 6.45) is 2.28. The number of carbonyl (C=O) groups excluding carboxylic acids is 4. The monoisotopic (exact) mass is 715 g/mol. The van der Waals surface area contributed by atoms with Gasteiger partial charge in [0.15, 0.2) is 5.78 Å². The number of nitrogens with zero attached hydrogens (tertiary/aromatic N) is 3. The molecule has 3 amide bonds. The van der Waals surface area contributed by atoms with Crippen LogP contribution in [0.3, 0.4) is 0 Å². The molecule has 1 aromatic carbocycles. The van der Waals surface area contributed by atoms with Gasteiger partial charge in [-0.2, -0.15) is 0 Å². The molecular weight excluding hydrogens is 644 g/mol. The Morgan fingerprint density at radius 1 is 0.902 bits per heavy atom. The van der Waals surface area contributed by atoms with Gasteiger partial charge in [-0.15, -0.1) is 0 Å². The number of methoxy groups -OCH3 is 2. The lowest BCUT2D eigenvalue weighted by atomic mass is 9.83. The van der Waals surface area contributed by atoms with E-state index in [1.165, 1.54) is 0 Å². The molecular formula is C41H70N4O6. The number of nitrogens with one attached hydrogen (secondary N) is 1. The van der Waals surface area contributed by atoms with Crippen LogP contribution in [0.15, 0.2) is 30.3 Å². The van der Waals surface area contributed by atoms with Gasteiger partial charge in [0.25, 0.3) is 0 Å². The molecule has 1 aliphatic rings. The summed E-state index contributed by atoms with van der Waals surface area (Å²) in [6, 6.07) is 9.11. The van der Waals surface area contributed by atoms with E-state index in [0.29, 0.717) is 6.54 Å². The van der Waals surface area contributed by atoms with E-state index in [1.807, 2.05) is 83.6 Å². The van der Waals surface area contributed by atoms with Crippen LogP contribution in [-0.4, -0.2) is 116 Å². The first-order chi connectivity index (χ1) is 24.0. The standard InChI is InChI=1S/C41H70N4O6/c1-14-28(6)38(44(11)41(49)32(26(2)3)24-34(46)37(27(4)5)43(9)10)35(50-12)25-36(47)45-22-18-21-33(45)39(51-13)30(8)40(48)42-29(7)23-31-19-16-15-17-20-31/h15-17,19-20,26-30,32-33,35,37-39H,14,18,21-25H2,1-13H3,(H,42,48)/t28-,29+,30+,32?,33-,35+,37-,38-,39+/m0/s1. The van der Waals surface area contributed by atoms with E-state index in [2.05, 4.69) is 31.3 Å². The Bertz CT molecular complexity index is 1230. The zero-order chi connectivity index (χ0) is 38.6. The van der Waals surface area contributed by atoms with Crippen LogP contribution >= 0.6 is 0 Å². The molecule has 0 aromatic heterocycles. The molecule has 0 radical (unpaired) electrons. The SMILES string of the molecule is CC[C@H](C)[C@@H]([C@@H](CC(=O)N1CCC[C@H]1[C@H](OC)[C@@H](C)C(=O)N[C@H](C)Cc1ccccc1)OC)N(C)C(=O)C(CC(=O)[C@H](C(C)C)N(C)C)C(C)C. The summed E-state index contributed by atoms with van der Waals surface area (Å²) in [7, 11) is 8.81. The number of hydrogen-bond donors (Lipinski definition) is 1. The number of likely N-dealkylation sites (tertiary alicyclic amines) is 1. The van der Waals surface area contributed by atoms with Gasteiger partial charge < -0.3 is 24.6 Å². The van der Waals surface area contributed by atoms with E-state index in [1.54, 1.807) is 26.2 Å². The van der Waals surface area contributed by atoms with Gasteiger partial charge in [-0.25, -0.2) is 0 Å². The average Bonchev–Trinajstić information content (AvgIpc) is 3.56. The number of Topliss-reactive ketones (excluding diaryl/α,β-unsaturated/α-hetero) is 1. The van der Waals surface area contributed by atoms with Gasteiger partial charge in [-0.05, 0) is 63.6 Å². The van der Waals surface area contributed by atoms with Crippen LogP contribution < -0.4 is 5.32 Å². The van der Waals surface area contributed by atoms with E-state index in [0.717, 1.165) is 31.2 Å². The Labute approximate surface area is 309 Å². The zero-order valence-corrected chi connectivity index (χ0v) is 34.0. The van der Waals surface area contributed by atoms with Gasteiger partial charge in [0.1, 0.15) is 0 Å². The van der Waals surface area contributed by atoms with Crippen molar-refractivity contribution in [3.63, 3.8) is 0 Å². The number of amides is 3.